The molecule has 0 bridgehead atoms. The van der Waals surface area contributed by atoms with Gasteiger partial charge in [0.1, 0.15) is 10.8 Å². The first-order chi connectivity index (χ1) is 8.24. The van der Waals surface area contributed by atoms with E-state index in [-0.39, 0.29) is 0 Å². The number of nitrogen functional groups attached to an aromatic ring is 1. The number of nitrogens with zero attached hydrogens (tertiary/aromatic N) is 2. The number of thiazole rings is 1. The summed E-state index contributed by atoms with van der Waals surface area (Å²) in [5.74, 6) is 0.484. The first-order valence-electron chi connectivity index (χ1n) is 5.64. The van der Waals surface area contributed by atoms with E-state index in [0.29, 0.717) is 10.8 Å². The average molecular weight is 266 g/mol. The Labute approximate surface area is 109 Å². The smallest absolute Gasteiger partial charge is 0.125 e. The van der Waals surface area contributed by atoms with Crippen LogP contribution in [0, 0.1) is 0 Å². The van der Waals surface area contributed by atoms with Crippen LogP contribution in [0.25, 0.3) is 10.6 Å². The van der Waals surface area contributed by atoms with Crippen LogP contribution in [0.2, 0.25) is 5.02 Å². The predicted molar refractivity (Wildman–Crippen MR) is 71.4 cm³/mol. The van der Waals surface area contributed by atoms with E-state index < -0.39 is 0 Å². The molecule has 17 heavy (non-hydrogen) atoms. The zero-order chi connectivity index (χ0) is 11.8. The number of aryl methyl sites for hydroxylation is 2. The standard InChI is InChI=1S/C12H12ClN3S/c13-8-6-15-11(14)5-7(8)12-16-9-3-1-2-4-10(9)17-12/h5-6H,1-4H2,(H2,14,15). The van der Waals surface area contributed by atoms with Crippen LogP contribution in [-0.4, -0.2) is 9.97 Å². The molecule has 0 fully saturated rings. The summed E-state index contributed by atoms with van der Waals surface area (Å²) < 4.78 is 0. The van der Waals surface area contributed by atoms with E-state index in [1.807, 2.05) is 0 Å². The van der Waals surface area contributed by atoms with Crippen molar-refractivity contribution in [3.05, 3.63) is 27.9 Å². The Bertz CT molecular complexity index is 541. The SMILES string of the molecule is Nc1cc(-c2nc3c(s2)CCCC3)c(Cl)cn1. The lowest BCUT2D eigenvalue weighted by Crippen LogP contribution is -1.98. The highest BCUT2D eigenvalue weighted by Crippen LogP contribution is 2.36. The van der Waals surface area contributed by atoms with Gasteiger partial charge in [0.15, 0.2) is 0 Å². The minimum atomic E-state index is 0.484. The number of halogens is 1. The van der Waals surface area contributed by atoms with Crippen LogP contribution in [0.4, 0.5) is 5.82 Å². The third-order valence-electron chi connectivity index (χ3n) is 2.95. The summed E-state index contributed by atoms with van der Waals surface area (Å²) in [5.41, 5.74) is 7.83. The molecule has 0 unspecified atom stereocenters. The molecule has 0 aromatic carbocycles. The molecule has 0 radical (unpaired) electrons. The van der Waals surface area contributed by atoms with Gasteiger partial charge in [-0.2, -0.15) is 0 Å². The molecule has 2 N–H and O–H groups in total. The number of pyridine rings is 1. The minimum absolute atomic E-state index is 0.484. The molecular weight excluding hydrogens is 254 g/mol. The lowest BCUT2D eigenvalue weighted by Gasteiger charge is -2.06. The third kappa shape index (κ3) is 2.03. The molecule has 0 aliphatic heterocycles. The minimum Gasteiger partial charge on any atom is -0.384 e. The highest BCUT2D eigenvalue weighted by molar-refractivity contribution is 7.15. The summed E-state index contributed by atoms with van der Waals surface area (Å²) in [5, 5.41) is 1.58. The van der Waals surface area contributed by atoms with Gasteiger partial charge in [-0.1, -0.05) is 11.6 Å². The number of hydrogen-bond acceptors (Lipinski definition) is 4. The molecule has 0 saturated carbocycles. The first-order valence-corrected chi connectivity index (χ1v) is 6.83. The van der Waals surface area contributed by atoms with Gasteiger partial charge in [-0.3, -0.25) is 0 Å². The topological polar surface area (TPSA) is 51.8 Å². The van der Waals surface area contributed by atoms with Gasteiger partial charge in [-0.05, 0) is 31.7 Å². The van der Waals surface area contributed by atoms with E-state index in [2.05, 4.69) is 9.97 Å². The molecule has 88 valence electrons. The molecule has 3 nitrogen and oxygen atoms in total. The molecule has 0 saturated heterocycles. The lowest BCUT2D eigenvalue weighted by atomic mass is 10.0. The van der Waals surface area contributed by atoms with Crippen molar-refractivity contribution in [2.75, 3.05) is 5.73 Å². The fraction of sp³-hybridized carbons (Fsp3) is 0.333. The number of hydrogen-bond donors (Lipinski definition) is 1. The summed E-state index contributed by atoms with van der Waals surface area (Å²) in [6.07, 6.45) is 6.32. The van der Waals surface area contributed by atoms with Crippen molar-refractivity contribution in [3.8, 4) is 10.6 Å². The quantitative estimate of drug-likeness (QED) is 0.861. The number of rotatable bonds is 1. The van der Waals surface area contributed by atoms with Crippen LogP contribution in [0.3, 0.4) is 0 Å². The van der Waals surface area contributed by atoms with Gasteiger partial charge >= 0.3 is 0 Å². The summed E-state index contributed by atoms with van der Waals surface area (Å²) in [7, 11) is 0. The van der Waals surface area contributed by atoms with Crippen LogP contribution >= 0.6 is 22.9 Å². The Morgan fingerprint density at radius 1 is 1.29 bits per heavy atom. The Kier molecular flexibility index (Phi) is 2.76. The number of aromatic nitrogens is 2. The summed E-state index contributed by atoms with van der Waals surface area (Å²) in [4.78, 5) is 10.0. The molecule has 0 amide bonds. The lowest BCUT2D eigenvalue weighted by molar-refractivity contribution is 0.682. The van der Waals surface area contributed by atoms with Crippen LogP contribution in [0.15, 0.2) is 12.3 Å². The molecule has 1 aliphatic carbocycles. The van der Waals surface area contributed by atoms with Crippen molar-refractivity contribution < 1.29 is 0 Å². The Hall–Kier alpha value is -1.13. The molecule has 1 aliphatic rings. The van der Waals surface area contributed by atoms with Gasteiger partial charge in [0.25, 0.3) is 0 Å². The van der Waals surface area contributed by atoms with Gasteiger partial charge in [0.2, 0.25) is 0 Å². The second-order valence-electron chi connectivity index (χ2n) is 4.19. The van der Waals surface area contributed by atoms with Crippen LogP contribution < -0.4 is 5.73 Å². The normalized spacial score (nSPS) is 14.6. The molecule has 2 heterocycles. The van der Waals surface area contributed by atoms with Crippen molar-refractivity contribution in [1.82, 2.24) is 9.97 Å². The van der Waals surface area contributed by atoms with Gasteiger partial charge < -0.3 is 5.73 Å². The predicted octanol–water partition coefficient (Wildman–Crippen LogP) is 3.32. The fourth-order valence-electron chi connectivity index (χ4n) is 2.09. The maximum Gasteiger partial charge on any atom is 0.125 e. The van der Waals surface area contributed by atoms with Crippen molar-refractivity contribution in [2.45, 2.75) is 25.7 Å². The maximum atomic E-state index is 6.14. The van der Waals surface area contributed by atoms with Gasteiger partial charge in [-0.25, -0.2) is 9.97 Å². The second-order valence-corrected chi connectivity index (χ2v) is 5.68. The van der Waals surface area contributed by atoms with Gasteiger partial charge in [-0.15, -0.1) is 11.3 Å². The number of nitrogens with two attached hydrogens (primary N) is 1. The zero-order valence-corrected chi connectivity index (χ0v) is 10.8. The molecule has 5 heteroatoms. The Balaban J connectivity index is 2.08. The Morgan fingerprint density at radius 3 is 2.94 bits per heavy atom. The number of anilines is 1. The van der Waals surface area contributed by atoms with Crippen molar-refractivity contribution >= 4 is 28.8 Å². The average Bonchev–Trinajstić information content (AvgIpc) is 2.75. The molecule has 3 rings (SSSR count). The molecule has 2 aromatic heterocycles. The first kappa shape index (κ1) is 11.0. The highest BCUT2D eigenvalue weighted by atomic mass is 35.5. The molecular formula is C12H12ClN3S. The Morgan fingerprint density at radius 2 is 2.12 bits per heavy atom. The summed E-state index contributed by atoms with van der Waals surface area (Å²) in [6.45, 7) is 0. The van der Waals surface area contributed by atoms with Crippen molar-refractivity contribution in [3.63, 3.8) is 0 Å². The van der Waals surface area contributed by atoms with E-state index in [0.717, 1.165) is 23.4 Å². The highest BCUT2D eigenvalue weighted by Gasteiger charge is 2.17. The van der Waals surface area contributed by atoms with Gasteiger partial charge in [0.05, 0.1) is 10.7 Å². The molecule has 0 atom stereocenters. The van der Waals surface area contributed by atoms with E-state index in [4.69, 9.17) is 17.3 Å². The van der Waals surface area contributed by atoms with E-state index in [1.54, 1.807) is 23.6 Å². The summed E-state index contributed by atoms with van der Waals surface area (Å²) in [6, 6.07) is 1.80. The van der Waals surface area contributed by atoms with Gasteiger partial charge in [0, 0.05) is 16.6 Å². The monoisotopic (exact) mass is 265 g/mol. The van der Waals surface area contributed by atoms with Crippen molar-refractivity contribution in [2.24, 2.45) is 0 Å². The molecule has 0 spiro atoms. The second kappa shape index (κ2) is 4.27. The largest absolute Gasteiger partial charge is 0.384 e. The van der Waals surface area contributed by atoms with Crippen LogP contribution in [-0.2, 0) is 12.8 Å². The number of fused-ring (bicyclic) bond motifs is 1. The third-order valence-corrected chi connectivity index (χ3v) is 4.44. The van der Waals surface area contributed by atoms with E-state index in [9.17, 15) is 0 Å². The molecule has 2 aromatic rings. The fourth-order valence-corrected chi connectivity index (χ4v) is 3.51. The van der Waals surface area contributed by atoms with Crippen molar-refractivity contribution in [1.29, 1.82) is 0 Å². The van der Waals surface area contributed by atoms with Crippen LogP contribution in [0.5, 0.6) is 0 Å². The van der Waals surface area contributed by atoms with E-state index in [1.165, 1.54) is 23.4 Å². The van der Waals surface area contributed by atoms with E-state index >= 15 is 0 Å². The van der Waals surface area contributed by atoms with Crippen LogP contribution in [0.1, 0.15) is 23.4 Å². The summed E-state index contributed by atoms with van der Waals surface area (Å²) >= 11 is 7.88. The zero-order valence-electron chi connectivity index (χ0n) is 9.24. The maximum absolute atomic E-state index is 6.14.